The second-order valence-corrected chi connectivity index (χ2v) is 6.89. The zero-order chi connectivity index (χ0) is 28.9. The molecule has 0 aliphatic heterocycles. The Bertz CT molecular complexity index is 965. The molecule has 0 aliphatic carbocycles. The van der Waals surface area contributed by atoms with Crippen LogP contribution >= 0.6 is 0 Å². The van der Waals surface area contributed by atoms with Crippen LogP contribution < -0.4 is 10.6 Å². The number of urea groups is 1. The van der Waals surface area contributed by atoms with Crippen molar-refractivity contribution in [1.82, 2.24) is 5.32 Å². The Hall–Kier alpha value is -3.28. The van der Waals surface area contributed by atoms with Gasteiger partial charge in [-0.2, -0.15) is 39.5 Å². The number of nitrogens with one attached hydrogen (secondary N) is 2. The molecule has 9 nitrogen and oxygen atoms in total. The van der Waals surface area contributed by atoms with E-state index in [9.17, 15) is 59.0 Å². The third-order valence-electron chi connectivity index (χ3n) is 4.25. The highest BCUT2D eigenvalue weighted by Gasteiger charge is 2.66. The molecule has 1 aromatic carbocycles. The molecule has 1 aromatic rings. The first kappa shape index (κ1) is 31.7. The highest BCUT2D eigenvalue weighted by molar-refractivity contribution is 5.94. The van der Waals surface area contributed by atoms with Crippen LogP contribution in [0.25, 0.3) is 0 Å². The van der Waals surface area contributed by atoms with Crippen molar-refractivity contribution in [2.75, 3.05) is 25.1 Å². The third-order valence-corrected chi connectivity index (χ3v) is 4.25. The zero-order valence-electron chi connectivity index (χ0n) is 18.7. The molecule has 37 heavy (non-hydrogen) atoms. The van der Waals surface area contributed by atoms with Gasteiger partial charge >= 0.3 is 42.2 Å². The van der Waals surface area contributed by atoms with E-state index in [-0.39, 0.29) is 0 Å². The number of rotatable bonds is 9. The van der Waals surface area contributed by atoms with Gasteiger partial charge in [-0.15, -0.1) is 0 Å². The van der Waals surface area contributed by atoms with Crippen molar-refractivity contribution in [3.05, 3.63) is 29.8 Å². The molecule has 0 spiro atoms. The summed E-state index contributed by atoms with van der Waals surface area (Å²) in [6, 6.07) is 0.129. The van der Waals surface area contributed by atoms with Gasteiger partial charge in [-0.05, 0) is 26.0 Å². The molecule has 3 N–H and O–H groups in total. The van der Waals surface area contributed by atoms with E-state index in [1.807, 2.05) is 0 Å². The van der Waals surface area contributed by atoms with E-state index in [0.29, 0.717) is 24.3 Å². The Morgan fingerprint density at radius 3 is 1.70 bits per heavy atom. The minimum Gasteiger partial charge on any atom is -0.463 e. The Morgan fingerprint density at radius 2 is 1.30 bits per heavy atom. The average Bonchev–Trinajstić information content (AvgIpc) is 2.74. The molecule has 210 valence electrons. The maximum absolute atomic E-state index is 13.6. The SMILES string of the molecule is CCOC(=O)C(NC(=O)Nc1ccc(C(O)(C(=O)OCC)C(F)(F)F)cc1)(OCC(F)(F)F)C(F)(F)F. The number of benzene rings is 1. The third kappa shape index (κ3) is 7.37. The smallest absolute Gasteiger partial charge is 0.448 e. The predicted octanol–water partition coefficient (Wildman–Crippen LogP) is 3.52. The summed E-state index contributed by atoms with van der Waals surface area (Å²) >= 11 is 0. The van der Waals surface area contributed by atoms with Gasteiger partial charge in [0.05, 0.1) is 13.2 Å². The summed E-state index contributed by atoms with van der Waals surface area (Å²) in [6.07, 6.45) is -16.9. The van der Waals surface area contributed by atoms with E-state index >= 15 is 0 Å². The van der Waals surface area contributed by atoms with Gasteiger partial charge in [0.1, 0.15) is 6.61 Å². The van der Waals surface area contributed by atoms with Crippen molar-refractivity contribution in [3.63, 3.8) is 0 Å². The first-order valence-electron chi connectivity index (χ1n) is 9.85. The van der Waals surface area contributed by atoms with Crippen LogP contribution in [0.1, 0.15) is 19.4 Å². The average molecular weight is 558 g/mol. The maximum atomic E-state index is 13.6. The number of anilines is 1. The Balaban J connectivity index is 3.29. The van der Waals surface area contributed by atoms with Crippen molar-refractivity contribution < 1.29 is 73.2 Å². The summed E-state index contributed by atoms with van der Waals surface area (Å²) < 4.78 is 131. The fraction of sp³-hybridized carbons (Fsp3) is 0.526. The molecular formula is C19H19F9N2O7. The minimum atomic E-state index is -5.98. The second-order valence-electron chi connectivity index (χ2n) is 6.89. The molecular weight excluding hydrogens is 539 g/mol. The monoisotopic (exact) mass is 558 g/mol. The summed E-state index contributed by atoms with van der Waals surface area (Å²) in [6.45, 7) is -1.74. The molecule has 0 saturated heterocycles. The van der Waals surface area contributed by atoms with E-state index in [4.69, 9.17) is 0 Å². The summed E-state index contributed by atoms with van der Waals surface area (Å²) in [5.41, 5.74) is -10.5. The first-order chi connectivity index (χ1) is 16.7. The van der Waals surface area contributed by atoms with E-state index in [1.54, 1.807) is 5.32 Å². The molecule has 0 aromatic heterocycles. The summed E-state index contributed by atoms with van der Waals surface area (Å²) in [4.78, 5) is 35.8. The van der Waals surface area contributed by atoms with Crippen LogP contribution in [-0.4, -0.2) is 67.2 Å². The fourth-order valence-corrected chi connectivity index (χ4v) is 2.59. The summed E-state index contributed by atoms with van der Waals surface area (Å²) in [5.74, 6) is -4.53. The Kier molecular flexibility index (Phi) is 9.79. The number of amides is 2. The number of carbonyl (C=O) groups excluding carboxylic acids is 3. The van der Waals surface area contributed by atoms with E-state index in [0.717, 1.165) is 19.2 Å². The quantitative estimate of drug-likeness (QED) is 0.241. The normalized spacial score (nSPS) is 15.7. The minimum absolute atomic E-state index is 0.461. The molecule has 0 bridgehead atoms. The van der Waals surface area contributed by atoms with Gasteiger partial charge in [-0.1, -0.05) is 12.1 Å². The van der Waals surface area contributed by atoms with Crippen LogP contribution in [-0.2, 0) is 29.4 Å². The summed E-state index contributed by atoms with van der Waals surface area (Å²) in [7, 11) is 0. The van der Waals surface area contributed by atoms with Gasteiger partial charge in [0.2, 0.25) is 0 Å². The standard InChI is InChI=1S/C19H19F9N2O7/c1-3-35-12(31)16(34,18(23,24)25)10-5-7-11(8-6-10)29-14(33)30-17(19(26,27)28,13(32)36-4-2)37-9-15(20,21)22/h5-8,34H,3-4,9H2,1-2H3,(H2,29,30,33). The number of ether oxygens (including phenoxy) is 3. The molecule has 2 unspecified atom stereocenters. The lowest BCUT2D eigenvalue weighted by atomic mass is 9.93. The Labute approximate surface area is 201 Å². The molecule has 2 atom stereocenters. The zero-order valence-corrected chi connectivity index (χ0v) is 18.7. The van der Waals surface area contributed by atoms with Crippen molar-refractivity contribution in [2.24, 2.45) is 0 Å². The molecule has 1 rings (SSSR count). The lowest BCUT2D eigenvalue weighted by Gasteiger charge is -2.33. The topological polar surface area (TPSA) is 123 Å². The largest absolute Gasteiger partial charge is 0.463 e. The van der Waals surface area contributed by atoms with Crippen molar-refractivity contribution in [2.45, 2.75) is 43.7 Å². The lowest BCUT2D eigenvalue weighted by Crippen LogP contribution is -2.67. The van der Waals surface area contributed by atoms with Crippen molar-refractivity contribution in [3.8, 4) is 0 Å². The number of alkyl halides is 9. The maximum Gasteiger partial charge on any atom is 0.448 e. The lowest BCUT2D eigenvalue weighted by molar-refractivity contribution is -0.305. The summed E-state index contributed by atoms with van der Waals surface area (Å²) in [5, 5.41) is 12.5. The van der Waals surface area contributed by atoms with Gasteiger partial charge in [-0.3, -0.25) is 5.32 Å². The number of hydrogen-bond acceptors (Lipinski definition) is 7. The van der Waals surface area contributed by atoms with Crippen LogP contribution in [0, 0.1) is 0 Å². The van der Waals surface area contributed by atoms with E-state index < -0.39 is 78.9 Å². The fourth-order valence-electron chi connectivity index (χ4n) is 2.59. The number of esters is 2. The number of hydrogen-bond donors (Lipinski definition) is 3. The second kappa shape index (κ2) is 11.4. The van der Waals surface area contributed by atoms with Crippen molar-refractivity contribution >= 4 is 23.7 Å². The number of aliphatic hydroxyl groups is 1. The van der Waals surface area contributed by atoms with Crippen LogP contribution in [0.2, 0.25) is 0 Å². The van der Waals surface area contributed by atoms with Gasteiger partial charge in [0.15, 0.2) is 0 Å². The highest BCUT2D eigenvalue weighted by Crippen LogP contribution is 2.40. The molecule has 18 heteroatoms. The molecule has 0 radical (unpaired) electrons. The van der Waals surface area contributed by atoms with Crippen molar-refractivity contribution in [1.29, 1.82) is 0 Å². The van der Waals surface area contributed by atoms with E-state index in [2.05, 4.69) is 14.2 Å². The molecule has 0 heterocycles. The predicted molar refractivity (Wildman–Crippen MR) is 103 cm³/mol. The van der Waals surface area contributed by atoms with Gasteiger partial charge in [0, 0.05) is 11.3 Å². The van der Waals surface area contributed by atoms with Crippen LogP contribution in [0.15, 0.2) is 24.3 Å². The first-order valence-corrected chi connectivity index (χ1v) is 9.85. The highest BCUT2D eigenvalue weighted by atomic mass is 19.4. The van der Waals surface area contributed by atoms with Crippen LogP contribution in [0.4, 0.5) is 50.0 Å². The molecule has 0 fully saturated rings. The molecule has 0 saturated carbocycles. The Morgan fingerprint density at radius 1 is 0.811 bits per heavy atom. The molecule has 0 aliphatic rings. The van der Waals surface area contributed by atoms with Crippen LogP contribution in [0.3, 0.4) is 0 Å². The van der Waals surface area contributed by atoms with E-state index in [1.165, 1.54) is 0 Å². The number of halogens is 9. The number of carbonyl (C=O) groups is 3. The molecule has 2 amide bonds. The van der Waals surface area contributed by atoms with Crippen LogP contribution in [0.5, 0.6) is 0 Å². The van der Waals surface area contributed by atoms with Gasteiger partial charge in [0.25, 0.3) is 5.60 Å². The van der Waals surface area contributed by atoms with Gasteiger partial charge < -0.3 is 24.6 Å². The van der Waals surface area contributed by atoms with Gasteiger partial charge in [-0.25, -0.2) is 14.4 Å².